The van der Waals surface area contributed by atoms with Crippen LogP contribution in [0.5, 0.6) is 0 Å². The summed E-state index contributed by atoms with van der Waals surface area (Å²) in [5, 5.41) is 14.9. The summed E-state index contributed by atoms with van der Waals surface area (Å²) in [6.07, 6.45) is 0.997. The van der Waals surface area contributed by atoms with Gasteiger partial charge in [-0.05, 0) is 61.0 Å². The molecule has 0 saturated heterocycles. The van der Waals surface area contributed by atoms with Crippen molar-refractivity contribution in [2.75, 3.05) is 5.32 Å². The predicted octanol–water partition coefficient (Wildman–Crippen LogP) is 3.12. The van der Waals surface area contributed by atoms with Crippen LogP contribution in [-0.4, -0.2) is 26.0 Å². The molecule has 0 aliphatic rings. The van der Waals surface area contributed by atoms with Gasteiger partial charge in [0, 0.05) is 12.6 Å². The van der Waals surface area contributed by atoms with E-state index in [1.807, 2.05) is 31.2 Å². The van der Waals surface area contributed by atoms with Gasteiger partial charge >= 0.3 is 0 Å². The second-order valence-corrected chi connectivity index (χ2v) is 6.21. The van der Waals surface area contributed by atoms with Crippen molar-refractivity contribution in [1.29, 1.82) is 0 Å². The van der Waals surface area contributed by atoms with E-state index in [9.17, 15) is 4.79 Å². The largest absolute Gasteiger partial charge is 0.332 e. The summed E-state index contributed by atoms with van der Waals surface area (Å²) in [5.41, 5.74) is 5.49. The standard InChI is InChI=1S/C18H19N5OS/c1-4-13-5-7-14(8-6-13)23-21-16-9-11(2)15(10-17(16)22-23)20-18(25)19-12(3)24/h5-10H,4H2,1-3H3,(H2,19,20,24,25). The molecule has 1 amide bonds. The van der Waals surface area contributed by atoms with Crippen molar-refractivity contribution in [3.05, 3.63) is 47.5 Å². The summed E-state index contributed by atoms with van der Waals surface area (Å²) in [6.45, 7) is 5.49. The SMILES string of the molecule is CCc1ccc(-n2nc3cc(C)c(NC(=S)NC(C)=O)cc3n2)cc1. The van der Waals surface area contributed by atoms with Crippen LogP contribution in [0.15, 0.2) is 36.4 Å². The number of nitrogens with one attached hydrogen (secondary N) is 2. The van der Waals surface area contributed by atoms with E-state index in [0.29, 0.717) is 0 Å². The lowest BCUT2D eigenvalue weighted by Gasteiger charge is -2.10. The molecule has 0 bridgehead atoms. The van der Waals surface area contributed by atoms with Gasteiger partial charge in [-0.1, -0.05) is 19.1 Å². The van der Waals surface area contributed by atoms with Gasteiger partial charge in [0.1, 0.15) is 11.0 Å². The number of hydrogen-bond donors (Lipinski definition) is 2. The number of carbonyl (C=O) groups is 1. The van der Waals surface area contributed by atoms with E-state index >= 15 is 0 Å². The molecule has 6 nitrogen and oxygen atoms in total. The number of aromatic nitrogens is 3. The molecule has 3 aromatic rings. The molecule has 0 unspecified atom stereocenters. The zero-order valence-corrected chi connectivity index (χ0v) is 15.1. The van der Waals surface area contributed by atoms with E-state index in [4.69, 9.17) is 12.2 Å². The van der Waals surface area contributed by atoms with Gasteiger partial charge in [-0.2, -0.15) is 4.80 Å². The summed E-state index contributed by atoms with van der Waals surface area (Å²) in [5.74, 6) is -0.210. The van der Waals surface area contributed by atoms with Crippen LogP contribution in [0, 0.1) is 6.92 Å². The summed E-state index contributed by atoms with van der Waals surface area (Å²) >= 11 is 5.12. The highest BCUT2D eigenvalue weighted by Crippen LogP contribution is 2.22. The van der Waals surface area contributed by atoms with E-state index in [0.717, 1.165) is 34.4 Å². The van der Waals surface area contributed by atoms with Gasteiger partial charge in [-0.3, -0.25) is 4.79 Å². The predicted molar refractivity (Wildman–Crippen MR) is 103 cm³/mol. The minimum atomic E-state index is -0.210. The number of carbonyl (C=O) groups excluding carboxylic acids is 1. The monoisotopic (exact) mass is 353 g/mol. The van der Waals surface area contributed by atoms with E-state index < -0.39 is 0 Å². The van der Waals surface area contributed by atoms with Crippen molar-refractivity contribution < 1.29 is 4.79 Å². The van der Waals surface area contributed by atoms with Crippen LogP contribution < -0.4 is 10.6 Å². The first-order chi connectivity index (χ1) is 12.0. The van der Waals surface area contributed by atoms with Crippen LogP contribution in [0.1, 0.15) is 25.0 Å². The molecule has 25 heavy (non-hydrogen) atoms. The van der Waals surface area contributed by atoms with E-state index in [2.05, 4.69) is 39.9 Å². The molecule has 0 aliphatic heterocycles. The van der Waals surface area contributed by atoms with Crippen molar-refractivity contribution in [2.24, 2.45) is 0 Å². The van der Waals surface area contributed by atoms with Gasteiger partial charge < -0.3 is 10.6 Å². The fourth-order valence-corrected chi connectivity index (χ4v) is 2.75. The molecule has 0 atom stereocenters. The molecular formula is C18H19N5OS. The van der Waals surface area contributed by atoms with Gasteiger partial charge in [0.2, 0.25) is 5.91 Å². The fraction of sp³-hybridized carbons (Fsp3) is 0.222. The zero-order valence-electron chi connectivity index (χ0n) is 14.3. The molecule has 2 aromatic carbocycles. The number of benzene rings is 2. The van der Waals surface area contributed by atoms with Crippen LogP contribution >= 0.6 is 12.2 Å². The quantitative estimate of drug-likeness (QED) is 0.708. The number of amides is 1. The highest BCUT2D eigenvalue weighted by Gasteiger charge is 2.10. The van der Waals surface area contributed by atoms with E-state index in [1.165, 1.54) is 12.5 Å². The Morgan fingerprint density at radius 2 is 1.80 bits per heavy atom. The molecule has 0 spiro atoms. The number of fused-ring (bicyclic) bond motifs is 1. The Balaban J connectivity index is 1.92. The summed E-state index contributed by atoms with van der Waals surface area (Å²) in [6, 6.07) is 12.0. The third kappa shape index (κ3) is 3.83. The molecule has 1 heterocycles. The lowest BCUT2D eigenvalue weighted by molar-refractivity contribution is -0.117. The van der Waals surface area contributed by atoms with Crippen LogP contribution in [0.25, 0.3) is 16.7 Å². The number of thiocarbonyl (C=S) groups is 1. The summed E-state index contributed by atoms with van der Waals surface area (Å²) in [4.78, 5) is 12.7. The second kappa shape index (κ2) is 6.98. The number of aryl methyl sites for hydroxylation is 2. The molecule has 3 rings (SSSR count). The zero-order chi connectivity index (χ0) is 18.0. The molecular weight excluding hydrogens is 334 g/mol. The third-order valence-electron chi connectivity index (χ3n) is 3.84. The number of hydrogen-bond acceptors (Lipinski definition) is 4. The topological polar surface area (TPSA) is 71.8 Å². The molecule has 0 saturated carbocycles. The second-order valence-electron chi connectivity index (χ2n) is 5.80. The van der Waals surface area contributed by atoms with Gasteiger partial charge in [-0.25, -0.2) is 0 Å². The molecule has 2 N–H and O–H groups in total. The minimum absolute atomic E-state index is 0.210. The molecule has 1 aromatic heterocycles. The Morgan fingerprint density at radius 3 is 2.40 bits per heavy atom. The average molecular weight is 353 g/mol. The van der Waals surface area contributed by atoms with Gasteiger partial charge in [0.05, 0.1) is 5.69 Å². The molecule has 0 fully saturated rings. The van der Waals surface area contributed by atoms with Crippen molar-refractivity contribution in [1.82, 2.24) is 20.3 Å². The average Bonchev–Trinajstić information content (AvgIpc) is 2.97. The first-order valence-electron chi connectivity index (χ1n) is 8.02. The van der Waals surface area contributed by atoms with Gasteiger partial charge in [0.25, 0.3) is 0 Å². The Kier molecular flexibility index (Phi) is 4.76. The molecule has 7 heteroatoms. The van der Waals surface area contributed by atoms with E-state index in [1.54, 1.807) is 4.80 Å². The Hall–Kier alpha value is -2.80. The van der Waals surface area contributed by atoms with Crippen molar-refractivity contribution in [3.63, 3.8) is 0 Å². The van der Waals surface area contributed by atoms with Crippen molar-refractivity contribution in [2.45, 2.75) is 27.2 Å². The Bertz CT molecular complexity index is 946. The van der Waals surface area contributed by atoms with Crippen LogP contribution in [-0.2, 0) is 11.2 Å². The lowest BCUT2D eigenvalue weighted by atomic mass is 10.2. The maximum atomic E-state index is 11.1. The Labute approximate surface area is 151 Å². The maximum absolute atomic E-state index is 11.1. The van der Waals surface area contributed by atoms with Crippen LogP contribution in [0.4, 0.5) is 5.69 Å². The normalized spacial score (nSPS) is 10.7. The maximum Gasteiger partial charge on any atom is 0.222 e. The van der Waals surface area contributed by atoms with Crippen molar-refractivity contribution in [3.8, 4) is 5.69 Å². The minimum Gasteiger partial charge on any atom is -0.332 e. The number of nitrogens with zero attached hydrogens (tertiary/aromatic N) is 3. The molecule has 0 radical (unpaired) electrons. The van der Waals surface area contributed by atoms with E-state index in [-0.39, 0.29) is 11.0 Å². The summed E-state index contributed by atoms with van der Waals surface area (Å²) < 4.78 is 0. The first kappa shape index (κ1) is 17.0. The lowest BCUT2D eigenvalue weighted by Crippen LogP contribution is -2.32. The van der Waals surface area contributed by atoms with Crippen molar-refractivity contribution >= 4 is 40.0 Å². The first-order valence-corrected chi connectivity index (χ1v) is 8.42. The third-order valence-corrected chi connectivity index (χ3v) is 4.04. The Morgan fingerprint density at radius 1 is 1.16 bits per heavy atom. The molecule has 128 valence electrons. The van der Waals surface area contributed by atoms with Crippen LogP contribution in [0.2, 0.25) is 0 Å². The van der Waals surface area contributed by atoms with Gasteiger partial charge in [-0.15, -0.1) is 10.2 Å². The number of rotatable bonds is 3. The highest BCUT2D eigenvalue weighted by atomic mass is 32.1. The van der Waals surface area contributed by atoms with Gasteiger partial charge in [0.15, 0.2) is 5.11 Å². The number of anilines is 1. The van der Waals surface area contributed by atoms with Crippen LogP contribution in [0.3, 0.4) is 0 Å². The molecule has 0 aliphatic carbocycles. The summed E-state index contributed by atoms with van der Waals surface area (Å²) in [7, 11) is 0. The fourth-order valence-electron chi connectivity index (χ4n) is 2.50. The highest BCUT2D eigenvalue weighted by molar-refractivity contribution is 7.80. The smallest absolute Gasteiger partial charge is 0.222 e.